The zero-order valence-corrected chi connectivity index (χ0v) is 16.8. The summed E-state index contributed by atoms with van der Waals surface area (Å²) in [6, 6.07) is 23.4. The van der Waals surface area contributed by atoms with Gasteiger partial charge in [0.15, 0.2) is 11.5 Å². The van der Waals surface area contributed by atoms with Crippen LogP contribution in [0.4, 0.5) is 11.9 Å². The number of phenolic OH excluding ortho intramolecular Hbond substituents is 2. The Balaban J connectivity index is 1.49. The van der Waals surface area contributed by atoms with Gasteiger partial charge >= 0.3 is 0 Å². The Kier molecular flexibility index (Phi) is 4.79. The van der Waals surface area contributed by atoms with Crippen LogP contribution in [0, 0.1) is 0 Å². The van der Waals surface area contributed by atoms with Gasteiger partial charge in [-0.05, 0) is 35.4 Å². The fraction of sp³-hybridized carbons (Fsp3) is 0.0417. The van der Waals surface area contributed by atoms with Gasteiger partial charge in [0.2, 0.25) is 5.95 Å². The van der Waals surface area contributed by atoms with Crippen molar-refractivity contribution >= 4 is 23.5 Å². The molecule has 0 saturated heterocycles. The number of nitrogens with zero attached hydrogens (tertiary/aromatic N) is 3. The van der Waals surface area contributed by atoms with E-state index in [-0.39, 0.29) is 29.1 Å². The number of benzene rings is 3. The van der Waals surface area contributed by atoms with Crippen molar-refractivity contribution in [1.82, 2.24) is 14.8 Å². The molecule has 2 heterocycles. The van der Waals surface area contributed by atoms with Crippen molar-refractivity contribution in [3.05, 3.63) is 102 Å². The Hall–Kier alpha value is -4.59. The van der Waals surface area contributed by atoms with Crippen molar-refractivity contribution in [1.29, 1.82) is 0 Å². The number of phenols is 2. The van der Waals surface area contributed by atoms with Gasteiger partial charge in [-0.1, -0.05) is 60.7 Å². The molecule has 5 rings (SSSR count). The maximum absolute atomic E-state index is 12.6. The molecule has 1 amide bonds. The van der Waals surface area contributed by atoms with E-state index in [2.05, 4.69) is 26.8 Å². The summed E-state index contributed by atoms with van der Waals surface area (Å²) < 4.78 is 1.71. The molecule has 32 heavy (non-hydrogen) atoms. The highest BCUT2D eigenvalue weighted by Crippen LogP contribution is 2.33. The first kappa shape index (κ1) is 19.4. The second-order valence-corrected chi connectivity index (χ2v) is 7.29. The minimum atomic E-state index is -0.504. The molecule has 4 aromatic rings. The third-order valence-electron chi connectivity index (χ3n) is 5.15. The van der Waals surface area contributed by atoms with Crippen LogP contribution in [-0.2, 0) is 0 Å². The van der Waals surface area contributed by atoms with Crippen molar-refractivity contribution in [2.75, 3.05) is 10.6 Å². The van der Waals surface area contributed by atoms with Crippen LogP contribution in [0.25, 0.3) is 5.70 Å². The lowest BCUT2D eigenvalue weighted by Gasteiger charge is -2.24. The van der Waals surface area contributed by atoms with Gasteiger partial charge in [0.25, 0.3) is 11.9 Å². The summed E-state index contributed by atoms with van der Waals surface area (Å²) in [5.74, 6) is -0.572. The van der Waals surface area contributed by atoms with E-state index in [0.717, 1.165) is 16.8 Å². The molecule has 0 spiro atoms. The van der Waals surface area contributed by atoms with Crippen LogP contribution in [0.15, 0.2) is 84.9 Å². The number of amides is 1. The number of hydrogen-bond donors (Lipinski definition) is 4. The Morgan fingerprint density at radius 3 is 2.38 bits per heavy atom. The average Bonchev–Trinajstić information content (AvgIpc) is 3.23. The number of anilines is 2. The topological polar surface area (TPSA) is 112 Å². The van der Waals surface area contributed by atoms with Crippen molar-refractivity contribution in [3.63, 3.8) is 0 Å². The lowest BCUT2D eigenvalue weighted by Crippen LogP contribution is -2.20. The van der Waals surface area contributed by atoms with Gasteiger partial charge in [0.1, 0.15) is 6.04 Å². The number of hydrogen-bond acceptors (Lipinski definition) is 6. The van der Waals surface area contributed by atoms with Gasteiger partial charge in [-0.2, -0.15) is 4.98 Å². The van der Waals surface area contributed by atoms with Crippen LogP contribution < -0.4 is 10.6 Å². The lowest BCUT2D eigenvalue weighted by atomic mass is 10.0. The van der Waals surface area contributed by atoms with E-state index in [0.29, 0.717) is 5.95 Å². The van der Waals surface area contributed by atoms with Crippen molar-refractivity contribution < 1.29 is 15.0 Å². The zero-order valence-electron chi connectivity index (χ0n) is 16.8. The SMILES string of the molecule is O=C(Nc1nc2n(n1)C(c1ccccc1)C=C(c1ccccc1)N2)c1ccc(O)c(O)c1. The summed E-state index contributed by atoms with van der Waals surface area (Å²) in [4.78, 5) is 17.1. The Morgan fingerprint density at radius 2 is 1.66 bits per heavy atom. The molecule has 1 aliphatic rings. The number of allylic oxidation sites excluding steroid dienone is 1. The molecule has 1 unspecified atom stereocenters. The van der Waals surface area contributed by atoms with Gasteiger partial charge < -0.3 is 15.5 Å². The molecule has 8 nitrogen and oxygen atoms in total. The molecule has 0 fully saturated rings. The van der Waals surface area contributed by atoms with Crippen LogP contribution in [0.5, 0.6) is 11.5 Å². The predicted molar refractivity (Wildman–Crippen MR) is 120 cm³/mol. The molecular formula is C24H19N5O3. The zero-order chi connectivity index (χ0) is 22.1. The first-order valence-corrected chi connectivity index (χ1v) is 9.97. The van der Waals surface area contributed by atoms with E-state index in [4.69, 9.17) is 0 Å². The molecule has 1 aliphatic heterocycles. The number of aromatic hydroxyl groups is 2. The highest BCUT2D eigenvalue weighted by molar-refractivity contribution is 6.03. The normalized spacial score (nSPS) is 14.8. The highest BCUT2D eigenvalue weighted by atomic mass is 16.3. The molecule has 0 bridgehead atoms. The monoisotopic (exact) mass is 425 g/mol. The van der Waals surface area contributed by atoms with Crippen molar-refractivity contribution in [2.24, 2.45) is 0 Å². The summed E-state index contributed by atoms with van der Waals surface area (Å²) in [7, 11) is 0. The minimum absolute atomic E-state index is 0.119. The maximum atomic E-state index is 12.6. The van der Waals surface area contributed by atoms with Crippen LogP contribution in [0.3, 0.4) is 0 Å². The summed E-state index contributed by atoms with van der Waals surface area (Å²) in [5, 5.41) is 29.6. The molecule has 3 aromatic carbocycles. The number of carbonyl (C=O) groups is 1. The molecule has 158 valence electrons. The van der Waals surface area contributed by atoms with Gasteiger partial charge in [-0.25, -0.2) is 4.68 Å². The summed E-state index contributed by atoms with van der Waals surface area (Å²) in [6.07, 6.45) is 2.07. The molecule has 0 saturated carbocycles. The largest absolute Gasteiger partial charge is 0.504 e. The van der Waals surface area contributed by atoms with Crippen LogP contribution >= 0.6 is 0 Å². The minimum Gasteiger partial charge on any atom is -0.504 e. The van der Waals surface area contributed by atoms with E-state index in [1.165, 1.54) is 18.2 Å². The maximum Gasteiger partial charge on any atom is 0.258 e. The number of aromatic nitrogens is 3. The van der Waals surface area contributed by atoms with E-state index in [9.17, 15) is 15.0 Å². The van der Waals surface area contributed by atoms with Crippen LogP contribution in [0.1, 0.15) is 27.5 Å². The van der Waals surface area contributed by atoms with Gasteiger partial charge in [-0.3, -0.25) is 10.1 Å². The smallest absolute Gasteiger partial charge is 0.258 e. The van der Waals surface area contributed by atoms with E-state index < -0.39 is 5.91 Å². The number of rotatable bonds is 4. The molecule has 0 aliphatic carbocycles. The first-order valence-electron chi connectivity index (χ1n) is 9.97. The van der Waals surface area contributed by atoms with Gasteiger partial charge in [0.05, 0.1) is 0 Å². The Labute approximate surface area is 183 Å². The second-order valence-electron chi connectivity index (χ2n) is 7.29. The highest BCUT2D eigenvalue weighted by Gasteiger charge is 2.26. The van der Waals surface area contributed by atoms with E-state index in [1.54, 1.807) is 4.68 Å². The summed E-state index contributed by atoms with van der Waals surface area (Å²) in [5.41, 5.74) is 3.09. The van der Waals surface area contributed by atoms with Gasteiger partial charge in [-0.15, -0.1) is 5.10 Å². The third kappa shape index (κ3) is 3.65. The molecule has 8 heteroatoms. The predicted octanol–water partition coefficient (Wildman–Crippen LogP) is 4.00. The van der Waals surface area contributed by atoms with E-state index in [1.807, 2.05) is 60.7 Å². The molecular weight excluding hydrogens is 406 g/mol. The van der Waals surface area contributed by atoms with Crippen molar-refractivity contribution in [3.8, 4) is 11.5 Å². The van der Waals surface area contributed by atoms with Crippen molar-refractivity contribution in [2.45, 2.75) is 6.04 Å². The quantitative estimate of drug-likeness (QED) is 0.368. The second kappa shape index (κ2) is 7.92. The standard InChI is InChI=1S/C24H19N5O3/c30-20-12-11-17(13-21(20)31)22(32)26-23-27-24-25-18(15-7-3-1-4-8-15)14-19(29(24)28-23)16-9-5-2-6-10-16/h1-14,19,30-31H,(H2,25,26,27,28,32). The third-order valence-corrected chi connectivity index (χ3v) is 5.15. The number of nitrogens with one attached hydrogen (secondary N) is 2. The number of fused-ring (bicyclic) bond motifs is 1. The Bertz CT molecular complexity index is 1320. The first-order chi connectivity index (χ1) is 15.6. The molecule has 0 radical (unpaired) electrons. The average molecular weight is 425 g/mol. The Morgan fingerprint density at radius 1 is 0.938 bits per heavy atom. The summed E-state index contributed by atoms with van der Waals surface area (Å²) in [6.45, 7) is 0. The van der Waals surface area contributed by atoms with Crippen LogP contribution in [-0.4, -0.2) is 30.9 Å². The summed E-state index contributed by atoms with van der Waals surface area (Å²) >= 11 is 0. The molecule has 1 aromatic heterocycles. The van der Waals surface area contributed by atoms with Crippen LogP contribution in [0.2, 0.25) is 0 Å². The lowest BCUT2D eigenvalue weighted by molar-refractivity contribution is 0.102. The fourth-order valence-corrected chi connectivity index (χ4v) is 3.56. The molecule has 1 atom stereocenters. The fourth-order valence-electron chi connectivity index (χ4n) is 3.56. The molecule has 4 N–H and O–H groups in total. The van der Waals surface area contributed by atoms with E-state index >= 15 is 0 Å². The number of carbonyl (C=O) groups excluding carboxylic acids is 1. The van der Waals surface area contributed by atoms with Gasteiger partial charge in [0, 0.05) is 11.3 Å².